The summed E-state index contributed by atoms with van der Waals surface area (Å²) in [6.45, 7) is 6.72. The quantitative estimate of drug-likeness (QED) is 0.749. The van der Waals surface area contributed by atoms with E-state index in [1.54, 1.807) is 0 Å². The third-order valence-electron chi connectivity index (χ3n) is 7.00. The molecule has 0 spiro atoms. The predicted molar refractivity (Wildman–Crippen MR) is 80.4 cm³/mol. The van der Waals surface area contributed by atoms with Gasteiger partial charge in [0.05, 0.1) is 7.11 Å². The molecular formula is C18H28O3. The van der Waals surface area contributed by atoms with Crippen molar-refractivity contribution in [3.05, 3.63) is 0 Å². The molecule has 3 fully saturated rings. The minimum absolute atomic E-state index is 0.122. The van der Waals surface area contributed by atoms with Crippen LogP contribution in [0, 0.1) is 47.3 Å². The van der Waals surface area contributed by atoms with Crippen molar-refractivity contribution in [3.63, 3.8) is 0 Å². The van der Waals surface area contributed by atoms with Gasteiger partial charge in [0.2, 0.25) is 0 Å². The summed E-state index contributed by atoms with van der Waals surface area (Å²) >= 11 is 0. The Morgan fingerprint density at radius 2 is 1.76 bits per heavy atom. The van der Waals surface area contributed by atoms with Gasteiger partial charge in [-0.3, -0.25) is 9.59 Å². The molecule has 3 rings (SSSR count). The van der Waals surface area contributed by atoms with Crippen LogP contribution in [0.15, 0.2) is 0 Å². The molecule has 0 aromatic heterocycles. The minimum atomic E-state index is -0.122. The second-order valence-corrected chi connectivity index (χ2v) is 7.91. The lowest BCUT2D eigenvalue weighted by molar-refractivity contribution is -0.153. The molecule has 3 saturated carbocycles. The summed E-state index contributed by atoms with van der Waals surface area (Å²) < 4.78 is 4.85. The highest BCUT2D eigenvalue weighted by Gasteiger charge is 2.55. The zero-order chi connectivity index (χ0) is 15.3. The van der Waals surface area contributed by atoms with Crippen LogP contribution >= 0.6 is 0 Å². The predicted octanol–water partition coefficient (Wildman–Crippen LogP) is 3.32. The summed E-state index contributed by atoms with van der Waals surface area (Å²) in [6.07, 6.45) is 3.90. The van der Waals surface area contributed by atoms with Crippen molar-refractivity contribution in [2.24, 2.45) is 47.3 Å². The number of hydrogen-bond acceptors (Lipinski definition) is 3. The maximum atomic E-state index is 12.9. The molecule has 0 aromatic rings. The van der Waals surface area contributed by atoms with E-state index in [4.69, 9.17) is 4.74 Å². The number of ether oxygens (including phenoxy) is 1. The third-order valence-corrected chi connectivity index (χ3v) is 7.00. The smallest absolute Gasteiger partial charge is 0.305 e. The number of rotatable bonds is 3. The first-order valence-electron chi connectivity index (χ1n) is 8.54. The fourth-order valence-corrected chi connectivity index (χ4v) is 5.66. The fraction of sp³-hybridized carbons (Fsp3) is 0.889. The molecule has 8 atom stereocenters. The Morgan fingerprint density at radius 1 is 1.10 bits per heavy atom. The lowest BCUT2D eigenvalue weighted by Crippen LogP contribution is -2.52. The summed E-state index contributed by atoms with van der Waals surface area (Å²) in [4.78, 5) is 24.5. The van der Waals surface area contributed by atoms with Crippen LogP contribution in [-0.2, 0) is 14.3 Å². The van der Waals surface area contributed by atoms with Crippen LogP contribution in [-0.4, -0.2) is 18.9 Å². The molecule has 3 heteroatoms. The molecule has 0 aromatic carbocycles. The van der Waals surface area contributed by atoms with Gasteiger partial charge in [-0.25, -0.2) is 0 Å². The van der Waals surface area contributed by atoms with Crippen LogP contribution in [0.2, 0.25) is 0 Å². The molecule has 0 heterocycles. The Bertz CT molecular complexity index is 444. The van der Waals surface area contributed by atoms with Gasteiger partial charge in [0.1, 0.15) is 5.78 Å². The van der Waals surface area contributed by atoms with Gasteiger partial charge in [0.25, 0.3) is 0 Å². The molecule has 0 aliphatic heterocycles. The van der Waals surface area contributed by atoms with Crippen LogP contribution in [0.1, 0.15) is 46.5 Å². The molecule has 3 aliphatic carbocycles. The van der Waals surface area contributed by atoms with E-state index in [0.29, 0.717) is 47.7 Å². The van der Waals surface area contributed by atoms with Crippen molar-refractivity contribution >= 4 is 11.8 Å². The number of fused-ring (bicyclic) bond motifs is 2. The lowest BCUT2D eigenvalue weighted by atomic mass is 9.50. The Hall–Kier alpha value is -0.860. The van der Waals surface area contributed by atoms with Crippen molar-refractivity contribution in [1.29, 1.82) is 0 Å². The zero-order valence-electron chi connectivity index (χ0n) is 13.7. The maximum Gasteiger partial charge on any atom is 0.305 e. The minimum Gasteiger partial charge on any atom is -0.469 e. The molecule has 8 unspecified atom stereocenters. The molecule has 118 valence electrons. The van der Waals surface area contributed by atoms with E-state index < -0.39 is 0 Å². The fourth-order valence-electron chi connectivity index (χ4n) is 5.66. The Labute approximate surface area is 127 Å². The summed E-state index contributed by atoms with van der Waals surface area (Å²) in [5, 5.41) is 0. The summed E-state index contributed by atoms with van der Waals surface area (Å²) in [5.74, 6) is 4.04. The van der Waals surface area contributed by atoms with Crippen LogP contribution in [0.5, 0.6) is 0 Å². The van der Waals surface area contributed by atoms with Gasteiger partial charge in [0, 0.05) is 18.3 Å². The molecule has 21 heavy (non-hydrogen) atoms. The van der Waals surface area contributed by atoms with Crippen LogP contribution in [0.4, 0.5) is 0 Å². The molecule has 0 amide bonds. The number of Topliss-reactive ketones (excluding diaryl/α,β-unsaturated/α-hetero) is 1. The van der Waals surface area contributed by atoms with E-state index in [1.165, 1.54) is 13.5 Å². The topological polar surface area (TPSA) is 43.4 Å². The van der Waals surface area contributed by atoms with E-state index in [2.05, 4.69) is 20.8 Å². The van der Waals surface area contributed by atoms with Gasteiger partial charge in [-0.1, -0.05) is 20.8 Å². The van der Waals surface area contributed by atoms with Gasteiger partial charge >= 0.3 is 5.97 Å². The summed E-state index contributed by atoms with van der Waals surface area (Å²) in [6, 6.07) is 0. The standard InChI is InChI=1S/C18H28O3/c1-9-5-12-6-13(9)18(20)15(7-12)17-11(3)10(2)14(17)8-16(19)21-4/h9-15,17H,5-8H2,1-4H3. The Balaban J connectivity index is 1.75. The first-order chi connectivity index (χ1) is 9.93. The molecule has 0 radical (unpaired) electrons. The largest absolute Gasteiger partial charge is 0.469 e. The first-order valence-corrected chi connectivity index (χ1v) is 8.54. The van der Waals surface area contributed by atoms with Gasteiger partial charge in [-0.05, 0) is 54.8 Å². The lowest BCUT2D eigenvalue weighted by Gasteiger charge is -2.53. The van der Waals surface area contributed by atoms with E-state index >= 15 is 0 Å². The molecular weight excluding hydrogens is 264 g/mol. The van der Waals surface area contributed by atoms with Gasteiger partial charge in [-0.15, -0.1) is 0 Å². The SMILES string of the molecule is COC(=O)CC1C(C)C(C)C1C1CC2CC(C)C(C2)C1=O. The number of carbonyl (C=O) groups is 2. The highest BCUT2D eigenvalue weighted by molar-refractivity contribution is 5.85. The van der Waals surface area contributed by atoms with E-state index in [9.17, 15) is 9.59 Å². The third kappa shape index (κ3) is 2.33. The van der Waals surface area contributed by atoms with E-state index in [0.717, 1.165) is 18.8 Å². The molecule has 0 N–H and O–H groups in total. The van der Waals surface area contributed by atoms with Crippen LogP contribution in [0.3, 0.4) is 0 Å². The normalized spacial score (nSPS) is 48.9. The number of esters is 1. The summed E-state index contributed by atoms with van der Waals surface area (Å²) in [5.41, 5.74) is 0. The zero-order valence-corrected chi connectivity index (χ0v) is 13.7. The monoisotopic (exact) mass is 292 g/mol. The second kappa shape index (κ2) is 5.40. The second-order valence-electron chi connectivity index (χ2n) is 7.91. The van der Waals surface area contributed by atoms with Gasteiger partial charge in [0.15, 0.2) is 0 Å². The summed E-state index contributed by atoms with van der Waals surface area (Å²) in [7, 11) is 1.46. The highest BCUT2D eigenvalue weighted by Crippen LogP contribution is 2.57. The van der Waals surface area contributed by atoms with Crippen LogP contribution in [0.25, 0.3) is 0 Å². The highest BCUT2D eigenvalue weighted by atomic mass is 16.5. The average molecular weight is 292 g/mol. The van der Waals surface area contributed by atoms with Crippen molar-refractivity contribution in [1.82, 2.24) is 0 Å². The molecule has 2 bridgehead atoms. The van der Waals surface area contributed by atoms with Gasteiger partial charge < -0.3 is 4.74 Å². The number of carbonyl (C=O) groups excluding carboxylic acids is 2. The Morgan fingerprint density at radius 3 is 2.43 bits per heavy atom. The number of methoxy groups -OCH3 is 1. The van der Waals surface area contributed by atoms with Crippen LogP contribution < -0.4 is 0 Å². The van der Waals surface area contributed by atoms with E-state index in [1.807, 2.05) is 0 Å². The van der Waals surface area contributed by atoms with E-state index in [-0.39, 0.29) is 11.9 Å². The van der Waals surface area contributed by atoms with Gasteiger partial charge in [-0.2, -0.15) is 0 Å². The molecule has 3 nitrogen and oxygen atoms in total. The average Bonchev–Trinajstić information content (AvgIpc) is 2.79. The van der Waals surface area contributed by atoms with Crippen molar-refractivity contribution < 1.29 is 14.3 Å². The Kier molecular flexibility index (Phi) is 3.87. The number of hydrogen-bond donors (Lipinski definition) is 0. The first kappa shape index (κ1) is 15.1. The van der Waals surface area contributed by atoms with Crippen molar-refractivity contribution in [2.75, 3.05) is 7.11 Å². The molecule has 3 aliphatic rings. The van der Waals surface area contributed by atoms with Crippen molar-refractivity contribution in [2.45, 2.75) is 46.5 Å². The number of ketones is 1. The molecule has 0 saturated heterocycles. The van der Waals surface area contributed by atoms with Crippen molar-refractivity contribution in [3.8, 4) is 0 Å². The maximum absolute atomic E-state index is 12.9.